The number of sulfone groups is 1. The first-order valence-electron chi connectivity index (χ1n) is 9.53. The van der Waals surface area contributed by atoms with Gasteiger partial charge in [-0.3, -0.25) is 9.69 Å². The summed E-state index contributed by atoms with van der Waals surface area (Å²) >= 11 is 1.34. The largest absolute Gasteiger partial charge is 0.302 e. The highest BCUT2D eigenvalue weighted by Gasteiger charge is 2.22. The van der Waals surface area contributed by atoms with E-state index in [1.165, 1.54) is 17.6 Å². The molecule has 30 heavy (non-hydrogen) atoms. The Morgan fingerprint density at radius 3 is 2.30 bits per heavy atom. The number of amides is 1. The Morgan fingerprint density at radius 2 is 1.70 bits per heavy atom. The summed E-state index contributed by atoms with van der Waals surface area (Å²) in [5.74, 6) is -0.111. The molecule has 0 fully saturated rings. The van der Waals surface area contributed by atoms with Crippen LogP contribution in [0.15, 0.2) is 53.4 Å². The van der Waals surface area contributed by atoms with Crippen molar-refractivity contribution in [2.45, 2.75) is 18.7 Å². The van der Waals surface area contributed by atoms with E-state index in [1.54, 1.807) is 35.2 Å². The number of hydrogen-bond acceptors (Lipinski definition) is 6. The van der Waals surface area contributed by atoms with E-state index >= 15 is 0 Å². The fourth-order valence-corrected chi connectivity index (χ4v) is 4.79. The second-order valence-electron chi connectivity index (χ2n) is 6.75. The first kappa shape index (κ1) is 24.3. The van der Waals surface area contributed by atoms with Gasteiger partial charge in [0.1, 0.15) is 0 Å². The average molecular weight is 468 g/mol. The predicted molar refractivity (Wildman–Crippen MR) is 126 cm³/mol. The van der Waals surface area contributed by atoms with Crippen LogP contribution in [0.25, 0.3) is 10.2 Å². The van der Waals surface area contributed by atoms with Gasteiger partial charge in [-0.15, -0.1) is 12.4 Å². The van der Waals surface area contributed by atoms with Crippen LogP contribution in [0.5, 0.6) is 0 Å². The van der Waals surface area contributed by atoms with Gasteiger partial charge in [0.15, 0.2) is 15.0 Å². The van der Waals surface area contributed by atoms with E-state index in [0.717, 1.165) is 24.3 Å². The number of carbonyl (C=O) groups excluding carboxylic acids is 1. The minimum absolute atomic E-state index is 0. The summed E-state index contributed by atoms with van der Waals surface area (Å²) in [7, 11) is -3.30. The molecule has 2 aromatic carbocycles. The summed E-state index contributed by atoms with van der Waals surface area (Å²) in [5, 5.41) is 0.576. The van der Waals surface area contributed by atoms with Crippen molar-refractivity contribution in [3.05, 3.63) is 54.1 Å². The standard InChI is InChI=1S/C21H25N3O3S2.ClH/c1-4-23(5-2)13-14-24(20(25)16-9-7-6-8-10-16)21-22-18-12-11-17(29(3,26)27)15-19(18)28-21;/h6-12,15H,4-5,13-14H2,1-3H3;1H. The third kappa shape index (κ3) is 5.57. The Kier molecular flexibility index (Phi) is 8.37. The van der Waals surface area contributed by atoms with Crippen LogP contribution in [0.3, 0.4) is 0 Å². The van der Waals surface area contributed by atoms with E-state index < -0.39 is 9.84 Å². The van der Waals surface area contributed by atoms with Gasteiger partial charge in [-0.25, -0.2) is 13.4 Å². The maximum Gasteiger partial charge on any atom is 0.260 e. The number of halogens is 1. The van der Waals surface area contributed by atoms with E-state index in [0.29, 0.717) is 22.8 Å². The lowest BCUT2D eigenvalue weighted by atomic mass is 10.2. The van der Waals surface area contributed by atoms with Crippen molar-refractivity contribution in [3.63, 3.8) is 0 Å². The number of fused-ring (bicyclic) bond motifs is 1. The summed E-state index contributed by atoms with van der Waals surface area (Å²) in [6, 6.07) is 14.0. The van der Waals surface area contributed by atoms with Crippen molar-refractivity contribution in [2.75, 3.05) is 37.3 Å². The fraction of sp³-hybridized carbons (Fsp3) is 0.333. The molecule has 9 heteroatoms. The van der Waals surface area contributed by atoms with E-state index in [4.69, 9.17) is 0 Å². The molecule has 0 saturated heterocycles. The molecule has 1 heterocycles. The SMILES string of the molecule is CCN(CC)CCN(C(=O)c1ccccc1)c1nc2ccc(S(C)(=O)=O)cc2s1.Cl. The van der Waals surface area contributed by atoms with E-state index in [9.17, 15) is 13.2 Å². The average Bonchev–Trinajstić information content (AvgIpc) is 3.14. The zero-order chi connectivity index (χ0) is 21.0. The van der Waals surface area contributed by atoms with Crippen molar-refractivity contribution >= 4 is 54.8 Å². The summed E-state index contributed by atoms with van der Waals surface area (Å²) in [5.41, 5.74) is 1.29. The maximum atomic E-state index is 13.2. The number of anilines is 1. The van der Waals surface area contributed by atoms with Gasteiger partial charge in [-0.05, 0) is 43.4 Å². The van der Waals surface area contributed by atoms with Crippen molar-refractivity contribution in [2.24, 2.45) is 0 Å². The molecule has 0 atom stereocenters. The minimum atomic E-state index is -3.30. The summed E-state index contributed by atoms with van der Waals surface area (Å²) in [4.78, 5) is 22.0. The molecule has 0 aliphatic carbocycles. The molecule has 6 nitrogen and oxygen atoms in total. The molecule has 3 rings (SSSR count). The molecule has 0 aliphatic heterocycles. The molecule has 0 radical (unpaired) electrons. The van der Waals surface area contributed by atoms with E-state index in [2.05, 4.69) is 23.7 Å². The zero-order valence-corrected chi connectivity index (χ0v) is 19.7. The van der Waals surface area contributed by atoms with Crippen molar-refractivity contribution in [1.29, 1.82) is 0 Å². The van der Waals surface area contributed by atoms with Crippen LogP contribution in [0.4, 0.5) is 5.13 Å². The number of carbonyl (C=O) groups is 1. The van der Waals surface area contributed by atoms with Crippen LogP contribution in [0.2, 0.25) is 0 Å². The Balaban J connectivity index is 0.00000320. The molecule has 1 aromatic heterocycles. The predicted octanol–water partition coefficient (Wildman–Crippen LogP) is 4.11. The van der Waals surface area contributed by atoms with Crippen LogP contribution >= 0.6 is 23.7 Å². The topological polar surface area (TPSA) is 70.6 Å². The van der Waals surface area contributed by atoms with Crippen molar-refractivity contribution in [3.8, 4) is 0 Å². The molecule has 0 bridgehead atoms. The molecule has 1 amide bonds. The van der Waals surface area contributed by atoms with Gasteiger partial charge in [0.2, 0.25) is 0 Å². The van der Waals surface area contributed by atoms with Crippen LogP contribution in [-0.4, -0.2) is 56.6 Å². The number of nitrogens with zero attached hydrogens (tertiary/aromatic N) is 3. The fourth-order valence-electron chi connectivity index (χ4n) is 3.04. The Labute approximate surface area is 187 Å². The molecule has 0 saturated carbocycles. The zero-order valence-electron chi connectivity index (χ0n) is 17.2. The normalized spacial score (nSPS) is 11.5. The molecular weight excluding hydrogens is 442 g/mol. The highest BCUT2D eigenvalue weighted by Crippen LogP contribution is 2.31. The van der Waals surface area contributed by atoms with Gasteiger partial charge in [-0.1, -0.05) is 43.4 Å². The second kappa shape index (κ2) is 10.3. The monoisotopic (exact) mass is 467 g/mol. The van der Waals surface area contributed by atoms with E-state index in [-0.39, 0.29) is 23.2 Å². The lowest BCUT2D eigenvalue weighted by Gasteiger charge is -2.24. The first-order valence-corrected chi connectivity index (χ1v) is 12.2. The molecular formula is C21H26ClN3O3S2. The van der Waals surface area contributed by atoms with Crippen LogP contribution < -0.4 is 4.90 Å². The van der Waals surface area contributed by atoms with Gasteiger partial charge in [-0.2, -0.15) is 0 Å². The van der Waals surface area contributed by atoms with Gasteiger partial charge >= 0.3 is 0 Å². The molecule has 162 valence electrons. The quantitative estimate of drug-likeness (QED) is 0.498. The highest BCUT2D eigenvalue weighted by atomic mass is 35.5. The molecule has 0 unspecified atom stereocenters. The number of thiazole rings is 1. The van der Waals surface area contributed by atoms with Crippen molar-refractivity contribution < 1.29 is 13.2 Å². The molecule has 0 N–H and O–H groups in total. The maximum absolute atomic E-state index is 13.2. The summed E-state index contributed by atoms with van der Waals surface area (Å²) < 4.78 is 24.5. The van der Waals surface area contributed by atoms with E-state index in [1.807, 2.05) is 18.2 Å². The van der Waals surface area contributed by atoms with Gasteiger partial charge in [0, 0.05) is 24.9 Å². The Bertz CT molecular complexity index is 1100. The lowest BCUT2D eigenvalue weighted by Crippen LogP contribution is -2.38. The molecule has 0 aliphatic rings. The smallest absolute Gasteiger partial charge is 0.260 e. The Hall–Kier alpha value is -2.00. The Morgan fingerprint density at radius 1 is 1.03 bits per heavy atom. The molecule has 0 spiro atoms. The van der Waals surface area contributed by atoms with Crippen LogP contribution in [0.1, 0.15) is 24.2 Å². The number of hydrogen-bond donors (Lipinski definition) is 0. The summed E-state index contributed by atoms with van der Waals surface area (Å²) in [6.07, 6.45) is 1.19. The third-order valence-corrected chi connectivity index (χ3v) is 6.96. The molecule has 3 aromatic rings. The second-order valence-corrected chi connectivity index (χ2v) is 9.77. The van der Waals surface area contributed by atoms with Crippen LogP contribution in [-0.2, 0) is 9.84 Å². The number of rotatable bonds is 8. The number of aromatic nitrogens is 1. The third-order valence-electron chi connectivity index (χ3n) is 4.81. The lowest BCUT2D eigenvalue weighted by molar-refractivity contribution is 0.0983. The number of benzene rings is 2. The van der Waals surface area contributed by atoms with Gasteiger partial charge in [0.25, 0.3) is 5.91 Å². The van der Waals surface area contributed by atoms with Crippen molar-refractivity contribution in [1.82, 2.24) is 9.88 Å². The number of likely N-dealkylation sites (N-methyl/N-ethyl adjacent to an activating group) is 1. The van der Waals surface area contributed by atoms with Crippen LogP contribution in [0, 0.1) is 0 Å². The highest BCUT2D eigenvalue weighted by molar-refractivity contribution is 7.90. The minimum Gasteiger partial charge on any atom is -0.302 e. The first-order chi connectivity index (χ1) is 13.8. The van der Waals surface area contributed by atoms with Gasteiger partial charge < -0.3 is 4.90 Å². The summed E-state index contributed by atoms with van der Waals surface area (Å²) in [6.45, 7) is 7.24. The van der Waals surface area contributed by atoms with Gasteiger partial charge in [0.05, 0.1) is 15.1 Å².